The van der Waals surface area contributed by atoms with Gasteiger partial charge in [-0.15, -0.1) is 0 Å². The summed E-state index contributed by atoms with van der Waals surface area (Å²) in [6.07, 6.45) is 0. The second-order valence-electron chi connectivity index (χ2n) is 5.06. The number of halogens is 1. The quantitative estimate of drug-likeness (QED) is 0.797. The van der Waals surface area contributed by atoms with E-state index in [0.29, 0.717) is 12.2 Å². The zero-order valence-corrected chi connectivity index (χ0v) is 14.8. The van der Waals surface area contributed by atoms with E-state index in [0.717, 1.165) is 10.2 Å². The van der Waals surface area contributed by atoms with E-state index in [9.17, 15) is 9.59 Å². The van der Waals surface area contributed by atoms with Gasteiger partial charge in [-0.25, -0.2) is 0 Å². The standard InChI is InChI=1S/C18H19BrN2O2/c1-3-20(16-7-5-4-6-8-16)18(23)13-21(14(2)22)17-11-9-15(19)10-12-17/h4-12H,3,13H2,1-2H3. The van der Waals surface area contributed by atoms with E-state index in [4.69, 9.17) is 0 Å². The van der Waals surface area contributed by atoms with E-state index in [1.165, 1.54) is 11.8 Å². The van der Waals surface area contributed by atoms with Crippen LogP contribution in [0.25, 0.3) is 0 Å². The van der Waals surface area contributed by atoms with Crippen LogP contribution >= 0.6 is 15.9 Å². The third-order valence-electron chi connectivity index (χ3n) is 3.50. The van der Waals surface area contributed by atoms with Crippen molar-refractivity contribution in [1.82, 2.24) is 0 Å². The van der Waals surface area contributed by atoms with E-state index < -0.39 is 0 Å². The third kappa shape index (κ3) is 4.42. The summed E-state index contributed by atoms with van der Waals surface area (Å²) in [6.45, 7) is 3.95. The Morgan fingerprint density at radius 2 is 1.48 bits per heavy atom. The molecule has 0 unspecified atom stereocenters. The zero-order valence-electron chi connectivity index (χ0n) is 13.2. The molecule has 23 heavy (non-hydrogen) atoms. The van der Waals surface area contributed by atoms with Gasteiger partial charge in [0.2, 0.25) is 11.8 Å². The van der Waals surface area contributed by atoms with Gasteiger partial charge in [-0.2, -0.15) is 0 Å². The molecular weight excluding hydrogens is 356 g/mol. The monoisotopic (exact) mass is 374 g/mol. The Kier molecular flexibility index (Phi) is 5.93. The second-order valence-corrected chi connectivity index (χ2v) is 5.97. The predicted molar refractivity (Wildman–Crippen MR) is 96.6 cm³/mol. The number of likely N-dealkylation sites (N-methyl/N-ethyl adjacent to an activating group) is 1. The van der Waals surface area contributed by atoms with Crippen LogP contribution in [0, 0.1) is 0 Å². The number of nitrogens with zero attached hydrogens (tertiary/aromatic N) is 2. The Hall–Kier alpha value is -2.14. The van der Waals surface area contributed by atoms with Crippen molar-refractivity contribution in [3.05, 3.63) is 59.1 Å². The summed E-state index contributed by atoms with van der Waals surface area (Å²) in [6, 6.07) is 16.8. The van der Waals surface area contributed by atoms with Gasteiger partial charge in [0, 0.05) is 29.3 Å². The van der Waals surface area contributed by atoms with Crippen LogP contribution in [0.4, 0.5) is 11.4 Å². The molecule has 0 atom stereocenters. The maximum Gasteiger partial charge on any atom is 0.247 e. The highest BCUT2D eigenvalue weighted by Crippen LogP contribution is 2.20. The van der Waals surface area contributed by atoms with Crippen LogP contribution in [0.15, 0.2) is 59.1 Å². The van der Waals surface area contributed by atoms with Gasteiger partial charge in [-0.05, 0) is 43.3 Å². The minimum atomic E-state index is -0.162. The van der Waals surface area contributed by atoms with Gasteiger partial charge in [0.1, 0.15) is 6.54 Å². The Labute approximate surface area is 144 Å². The SMILES string of the molecule is CCN(C(=O)CN(C(C)=O)c1ccc(Br)cc1)c1ccccc1. The molecule has 120 valence electrons. The first-order chi connectivity index (χ1) is 11.0. The molecule has 0 saturated heterocycles. The lowest BCUT2D eigenvalue weighted by Crippen LogP contribution is -2.42. The second kappa shape index (κ2) is 7.92. The molecule has 0 aliphatic heterocycles. The molecule has 0 aliphatic rings. The molecule has 0 bridgehead atoms. The minimum Gasteiger partial charge on any atom is -0.311 e. The van der Waals surface area contributed by atoms with Crippen LogP contribution in [0.1, 0.15) is 13.8 Å². The first-order valence-electron chi connectivity index (χ1n) is 7.42. The number of hydrogen-bond acceptors (Lipinski definition) is 2. The summed E-state index contributed by atoms with van der Waals surface area (Å²) in [4.78, 5) is 27.8. The predicted octanol–water partition coefficient (Wildman–Crippen LogP) is 3.86. The number of amides is 2. The van der Waals surface area contributed by atoms with Gasteiger partial charge in [0.15, 0.2) is 0 Å². The maximum absolute atomic E-state index is 12.7. The molecule has 0 heterocycles. The molecule has 5 heteroatoms. The lowest BCUT2D eigenvalue weighted by atomic mass is 10.2. The number of anilines is 2. The van der Waals surface area contributed by atoms with Crippen LogP contribution in [0.5, 0.6) is 0 Å². The summed E-state index contributed by atoms with van der Waals surface area (Å²) < 4.78 is 0.926. The van der Waals surface area contributed by atoms with Gasteiger partial charge < -0.3 is 9.80 Å². The van der Waals surface area contributed by atoms with Gasteiger partial charge in [0.25, 0.3) is 0 Å². The molecule has 0 radical (unpaired) electrons. The highest BCUT2D eigenvalue weighted by Gasteiger charge is 2.20. The van der Waals surface area contributed by atoms with Crippen molar-refractivity contribution in [3.63, 3.8) is 0 Å². The summed E-state index contributed by atoms with van der Waals surface area (Å²) >= 11 is 3.37. The molecule has 2 aromatic rings. The van der Waals surface area contributed by atoms with E-state index in [1.54, 1.807) is 4.90 Å². The molecule has 0 N–H and O–H groups in total. The van der Waals surface area contributed by atoms with Crippen LogP contribution in [0.3, 0.4) is 0 Å². The Balaban J connectivity index is 2.20. The fourth-order valence-corrected chi connectivity index (χ4v) is 2.60. The molecular formula is C18H19BrN2O2. The first kappa shape index (κ1) is 17.2. The average Bonchev–Trinajstić information content (AvgIpc) is 2.55. The fraction of sp³-hybridized carbons (Fsp3) is 0.222. The van der Waals surface area contributed by atoms with Crippen molar-refractivity contribution >= 4 is 39.1 Å². The van der Waals surface area contributed by atoms with Gasteiger partial charge in [-0.1, -0.05) is 34.1 Å². The van der Waals surface area contributed by atoms with Crippen LogP contribution < -0.4 is 9.80 Å². The Bertz CT molecular complexity index is 671. The number of rotatable bonds is 5. The Morgan fingerprint density at radius 1 is 0.913 bits per heavy atom. The lowest BCUT2D eigenvalue weighted by Gasteiger charge is -2.26. The fourth-order valence-electron chi connectivity index (χ4n) is 2.34. The van der Waals surface area contributed by atoms with Gasteiger partial charge >= 0.3 is 0 Å². The maximum atomic E-state index is 12.7. The van der Waals surface area contributed by atoms with Crippen molar-refractivity contribution in [2.75, 3.05) is 22.9 Å². The molecule has 2 aromatic carbocycles. The normalized spacial score (nSPS) is 10.2. The van der Waals surface area contributed by atoms with Crippen LogP contribution in [0.2, 0.25) is 0 Å². The number of para-hydroxylation sites is 1. The van der Waals surface area contributed by atoms with E-state index >= 15 is 0 Å². The summed E-state index contributed by atoms with van der Waals surface area (Å²) in [7, 11) is 0. The van der Waals surface area contributed by atoms with Gasteiger partial charge in [-0.3, -0.25) is 9.59 Å². The van der Waals surface area contributed by atoms with E-state index in [2.05, 4.69) is 15.9 Å². The largest absolute Gasteiger partial charge is 0.311 e. The van der Waals surface area contributed by atoms with E-state index in [1.807, 2.05) is 61.5 Å². The van der Waals surface area contributed by atoms with Crippen molar-refractivity contribution in [1.29, 1.82) is 0 Å². The summed E-state index contributed by atoms with van der Waals surface area (Å²) in [5, 5.41) is 0. The van der Waals surface area contributed by atoms with Crippen molar-refractivity contribution in [3.8, 4) is 0 Å². The molecule has 0 spiro atoms. The highest BCUT2D eigenvalue weighted by molar-refractivity contribution is 9.10. The Morgan fingerprint density at radius 3 is 2.00 bits per heavy atom. The topological polar surface area (TPSA) is 40.6 Å². The van der Waals surface area contributed by atoms with Gasteiger partial charge in [0.05, 0.1) is 0 Å². The van der Waals surface area contributed by atoms with E-state index in [-0.39, 0.29) is 18.4 Å². The van der Waals surface area contributed by atoms with Crippen molar-refractivity contribution in [2.45, 2.75) is 13.8 Å². The average molecular weight is 375 g/mol. The molecule has 0 fully saturated rings. The number of hydrogen-bond donors (Lipinski definition) is 0. The van der Waals surface area contributed by atoms with Crippen LogP contribution in [-0.4, -0.2) is 24.9 Å². The molecule has 0 saturated carbocycles. The van der Waals surface area contributed by atoms with Crippen molar-refractivity contribution < 1.29 is 9.59 Å². The molecule has 4 nitrogen and oxygen atoms in total. The summed E-state index contributed by atoms with van der Waals surface area (Å²) in [5.74, 6) is -0.276. The number of benzene rings is 2. The smallest absolute Gasteiger partial charge is 0.247 e. The molecule has 0 aliphatic carbocycles. The van der Waals surface area contributed by atoms with Crippen molar-refractivity contribution in [2.24, 2.45) is 0 Å². The highest BCUT2D eigenvalue weighted by atomic mass is 79.9. The lowest BCUT2D eigenvalue weighted by molar-refractivity contribution is -0.121. The first-order valence-corrected chi connectivity index (χ1v) is 8.21. The number of carbonyl (C=O) groups is 2. The number of carbonyl (C=O) groups excluding carboxylic acids is 2. The zero-order chi connectivity index (χ0) is 16.8. The molecule has 2 amide bonds. The molecule has 2 rings (SSSR count). The third-order valence-corrected chi connectivity index (χ3v) is 4.03. The minimum absolute atomic E-state index is 0.0136. The molecule has 0 aromatic heterocycles. The summed E-state index contributed by atoms with van der Waals surface area (Å²) in [5.41, 5.74) is 1.54. The van der Waals surface area contributed by atoms with Crippen LogP contribution in [-0.2, 0) is 9.59 Å².